The van der Waals surface area contributed by atoms with Gasteiger partial charge in [0.2, 0.25) is 0 Å². The molecule has 0 aromatic heterocycles. The molecule has 0 bridgehead atoms. The summed E-state index contributed by atoms with van der Waals surface area (Å²) in [6.07, 6.45) is 2.99. The van der Waals surface area contributed by atoms with Crippen LogP contribution >= 0.6 is 0 Å². The maximum atomic E-state index is 12.7. The molecule has 0 saturated carbocycles. The Morgan fingerprint density at radius 3 is 2.52 bits per heavy atom. The van der Waals surface area contributed by atoms with Crippen molar-refractivity contribution in [3.05, 3.63) is 53.6 Å². The second-order valence-electron chi connectivity index (χ2n) is 7.45. The number of rotatable bonds is 5. The quantitative estimate of drug-likeness (QED) is 0.174. The van der Waals surface area contributed by atoms with Crippen molar-refractivity contribution >= 4 is 21.2 Å². The number of aliphatic hydroxyl groups is 1. The fraction of sp³-hybridized carbons (Fsp3) is 0.333. The molecule has 4 N–H and O–H groups in total. The van der Waals surface area contributed by atoms with E-state index >= 15 is 0 Å². The van der Waals surface area contributed by atoms with Crippen LogP contribution in [0.1, 0.15) is 24.0 Å². The third-order valence-corrected chi connectivity index (χ3v) is 6.38. The van der Waals surface area contributed by atoms with E-state index in [1.165, 1.54) is 5.56 Å². The first-order valence-corrected chi connectivity index (χ1v) is 11.6. The third-order valence-electron chi connectivity index (χ3n) is 5.11. The van der Waals surface area contributed by atoms with Crippen molar-refractivity contribution in [2.75, 3.05) is 19.3 Å². The molecule has 2 aromatic rings. The summed E-state index contributed by atoms with van der Waals surface area (Å²) < 4.78 is 12.7. The number of hydrogen-bond donors (Lipinski definition) is 3. The van der Waals surface area contributed by atoms with Gasteiger partial charge in [0.25, 0.3) is 0 Å². The van der Waals surface area contributed by atoms with Gasteiger partial charge in [-0.15, -0.1) is 5.11 Å². The summed E-state index contributed by atoms with van der Waals surface area (Å²) in [6, 6.07) is 13.5. The van der Waals surface area contributed by atoms with E-state index in [9.17, 15) is 9.32 Å². The molecule has 2 aromatic carbocycles. The maximum absolute atomic E-state index is 12.7. The Labute approximate surface area is 171 Å². The molecular formula is C21H27N5O2S. The minimum absolute atomic E-state index is 0.146. The van der Waals surface area contributed by atoms with E-state index in [2.05, 4.69) is 33.2 Å². The fourth-order valence-electron chi connectivity index (χ4n) is 3.61. The van der Waals surface area contributed by atoms with Crippen LogP contribution < -0.4 is 5.84 Å². The molecule has 1 saturated heterocycles. The molecule has 7 nitrogen and oxygen atoms in total. The van der Waals surface area contributed by atoms with Gasteiger partial charge in [-0.05, 0) is 51.0 Å². The van der Waals surface area contributed by atoms with Gasteiger partial charge in [0.15, 0.2) is 5.84 Å². The van der Waals surface area contributed by atoms with Crippen molar-refractivity contribution in [3.8, 4) is 11.1 Å². The van der Waals surface area contributed by atoms with Crippen LogP contribution in [0.4, 0.5) is 0 Å². The van der Waals surface area contributed by atoms with Crippen LogP contribution in [0.5, 0.6) is 0 Å². The summed E-state index contributed by atoms with van der Waals surface area (Å²) in [5.41, 5.74) is 3.24. The number of benzene rings is 2. The van der Waals surface area contributed by atoms with Crippen LogP contribution in [-0.4, -0.2) is 51.4 Å². The maximum Gasteiger partial charge on any atom is 0.177 e. The van der Waals surface area contributed by atoms with E-state index in [1.807, 2.05) is 24.3 Å². The number of hydrogen-bond acceptors (Lipinski definition) is 5. The van der Waals surface area contributed by atoms with E-state index in [4.69, 9.17) is 11.3 Å². The predicted molar refractivity (Wildman–Crippen MR) is 118 cm³/mol. The molecule has 1 atom stereocenters. The Bertz CT molecular complexity index is 1010. The molecule has 3 rings (SSSR count). The molecular weight excluding hydrogens is 386 g/mol. The number of piperidine rings is 1. The molecule has 1 heterocycles. The Hall–Kier alpha value is -2.55. The lowest BCUT2D eigenvalue weighted by Gasteiger charge is -2.29. The van der Waals surface area contributed by atoms with Gasteiger partial charge in [-0.3, -0.25) is 14.5 Å². The Morgan fingerprint density at radius 1 is 1.28 bits per heavy atom. The van der Waals surface area contributed by atoms with E-state index in [0.717, 1.165) is 43.6 Å². The van der Waals surface area contributed by atoms with Crippen molar-refractivity contribution in [2.24, 2.45) is 16.2 Å². The summed E-state index contributed by atoms with van der Waals surface area (Å²) in [7, 11) is -2.57. The van der Waals surface area contributed by atoms with Crippen LogP contribution in [0.25, 0.3) is 11.1 Å². The Balaban J connectivity index is 1.93. The standard InChI is InChI=1S/C21H27N5O2S/c1-29(2,28)19-5-3-4-18(20(19)21(22)24-25-23)16-8-6-15(7-9-16)14-26-12-10-17(27)11-13-26/h3-9,17,27H,1,10-14H2,2H3,(H3,22,23,24). The lowest BCUT2D eigenvalue weighted by molar-refractivity contribution is 0.0792. The zero-order valence-corrected chi connectivity index (χ0v) is 17.4. The van der Waals surface area contributed by atoms with Gasteiger partial charge in [-0.2, -0.15) is 0 Å². The smallest absolute Gasteiger partial charge is 0.177 e. The largest absolute Gasteiger partial charge is 0.393 e. The molecule has 1 fully saturated rings. The van der Waals surface area contributed by atoms with Gasteiger partial charge in [0, 0.05) is 36.3 Å². The zero-order valence-electron chi connectivity index (χ0n) is 16.5. The van der Waals surface area contributed by atoms with Crippen LogP contribution in [0.2, 0.25) is 0 Å². The highest BCUT2D eigenvalue weighted by Crippen LogP contribution is 2.30. The molecule has 29 heavy (non-hydrogen) atoms. The molecule has 1 unspecified atom stereocenters. The summed E-state index contributed by atoms with van der Waals surface area (Å²) >= 11 is 0. The fourth-order valence-corrected chi connectivity index (χ4v) is 4.61. The molecule has 0 spiro atoms. The van der Waals surface area contributed by atoms with Crippen LogP contribution in [0.15, 0.2) is 57.7 Å². The summed E-state index contributed by atoms with van der Waals surface area (Å²) in [5.74, 6) is 8.76. The molecule has 0 amide bonds. The number of nitrogens with two attached hydrogens (primary N) is 1. The predicted octanol–water partition coefficient (Wildman–Crippen LogP) is 2.67. The SMILES string of the molecule is C=S(C)(=O)c1cccc(-c2ccc(CN3CCC(O)CC3)cc2)c1C(=N)N=NN. The van der Waals surface area contributed by atoms with Crippen molar-refractivity contribution in [2.45, 2.75) is 30.4 Å². The highest BCUT2D eigenvalue weighted by Gasteiger charge is 2.19. The zero-order chi connectivity index (χ0) is 21.0. The summed E-state index contributed by atoms with van der Waals surface area (Å²) in [6.45, 7) is 2.62. The molecule has 1 aliphatic rings. The monoisotopic (exact) mass is 413 g/mol. The van der Waals surface area contributed by atoms with Gasteiger partial charge in [0.05, 0.1) is 6.10 Å². The van der Waals surface area contributed by atoms with Crippen molar-refractivity contribution < 1.29 is 9.32 Å². The number of nitrogens with zero attached hydrogens (tertiary/aromatic N) is 3. The second kappa shape index (κ2) is 8.86. The second-order valence-corrected chi connectivity index (χ2v) is 9.90. The average Bonchev–Trinajstić information content (AvgIpc) is 2.69. The van der Waals surface area contributed by atoms with Crippen molar-refractivity contribution in [1.82, 2.24) is 4.90 Å². The summed E-state index contributed by atoms with van der Waals surface area (Å²) in [4.78, 5) is 2.79. The minimum atomic E-state index is -2.57. The topological polar surface area (TPSA) is 115 Å². The van der Waals surface area contributed by atoms with E-state index in [0.29, 0.717) is 10.5 Å². The number of nitrogens with one attached hydrogen (secondary N) is 1. The first-order valence-electron chi connectivity index (χ1n) is 9.44. The highest BCUT2D eigenvalue weighted by atomic mass is 32.2. The van der Waals surface area contributed by atoms with Crippen molar-refractivity contribution in [1.29, 1.82) is 5.41 Å². The van der Waals surface area contributed by atoms with Crippen LogP contribution in [-0.2, 0) is 16.1 Å². The van der Waals surface area contributed by atoms with Crippen LogP contribution in [0, 0.1) is 5.41 Å². The average molecular weight is 414 g/mol. The van der Waals surface area contributed by atoms with E-state index < -0.39 is 9.52 Å². The molecule has 0 radical (unpaired) electrons. The number of aliphatic hydroxyl groups excluding tert-OH is 1. The van der Waals surface area contributed by atoms with Gasteiger partial charge in [0.1, 0.15) is 0 Å². The van der Waals surface area contributed by atoms with Crippen molar-refractivity contribution in [3.63, 3.8) is 0 Å². The lowest BCUT2D eigenvalue weighted by Crippen LogP contribution is -2.35. The Morgan fingerprint density at radius 2 is 1.93 bits per heavy atom. The number of amidine groups is 1. The normalized spacial score (nSPS) is 18.0. The van der Waals surface area contributed by atoms with Gasteiger partial charge < -0.3 is 10.9 Å². The first kappa shape index (κ1) is 21.2. The lowest BCUT2D eigenvalue weighted by atomic mass is 9.97. The molecule has 1 aliphatic heterocycles. The van der Waals surface area contributed by atoms with E-state index in [1.54, 1.807) is 12.3 Å². The van der Waals surface area contributed by atoms with Gasteiger partial charge in [-0.1, -0.05) is 41.6 Å². The number of likely N-dealkylation sites (tertiary alicyclic amines) is 1. The third kappa shape index (κ3) is 5.09. The Kier molecular flexibility index (Phi) is 6.46. The highest BCUT2D eigenvalue weighted by molar-refractivity contribution is 7.99. The molecule has 0 aliphatic carbocycles. The van der Waals surface area contributed by atoms with Gasteiger partial charge >= 0.3 is 0 Å². The molecule has 154 valence electrons. The summed E-state index contributed by atoms with van der Waals surface area (Å²) in [5, 5.41) is 24.8. The molecule has 8 heteroatoms. The minimum Gasteiger partial charge on any atom is -0.393 e. The van der Waals surface area contributed by atoms with Crippen LogP contribution in [0.3, 0.4) is 0 Å². The first-order chi connectivity index (χ1) is 13.8. The van der Waals surface area contributed by atoms with E-state index in [-0.39, 0.29) is 11.9 Å². The van der Waals surface area contributed by atoms with Gasteiger partial charge in [-0.25, -0.2) is 0 Å².